The van der Waals surface area contributed by atoms with Crippen molar-refractivity contribution in [2.75, 3.05) is 6.54 Å². The molecule has 3 N–H and O–H groups in total. The zero-order valence-electron chi connectivity index (χ0n) is 11.0. The molecule has 0 bridgehead atoms. The van der Waals surface area contributed by atoms with Crippen molar-refractivity contribution in [3.05, 3.63) is 51.7 Å². The second-order valence-corrected chi connectivity index (χ2v) is 4.80. The number of H-pyrrole nitrogens is 1. The molecule has 0 atom stereocenters. The minimum absolute atomic E-state index is 0. The van der Waals surface area contributed by atoms with Crippen molar-refractivity contribution >= 4 is 35.6 Å². The third-order valence-electron chi connectivity index (χ3n) is 3.14. The Kier molecular flexibility index (Phi) is 4.62. The van der Waals surface area contributed by atoms with Crippen molar-refractivity contribution in [3.63, 3.8) is 0 Å². The van der Waals surface area contributed by atoms with E-state index in [1.54, 1.807) is 6.26 Å². The molecule has 0 spiro atoms. The van der Waals surface area contributed by atoms with Gasteiger partial charge in [-0.2, -0.15) is 0 Å². The summed E-state index contributed by atoms with van der Waals surface area (Å²) in [6.07, 6.45) is 1.63. The highest BCUT2D eigenvalue weighted by Gasteiger charge is 2.11. The van der Waals surface area contributed by atoms with E-state index < -0.39 is 0 Å². The molecule has 0 fully saturated rings. The van der Waals surface area contributed by atoms with E-state index in [0.717, 1.165) is 16.5 Å². The van der Waals surface area contributed by atoms with Gasteiger partial charge in [-0.1, -0.05) is 12.1 Å². The highest BCUT2D eigenvalue weighted by molar-refractivity contribution is 7.71. The lowest BCUT2D eigenvalue weighted by atomic mass is 10.1. The van der Waals surface area contributed by atoms with Gasteiger partial charge in [-0.3, -0.25) is 9.78 Å². The molecular weight excluding hydrogens is 310 g/mol. The minimum Gasteiger partial charge on any atom is -0.464 e. The van der Waals surface area contributed by atoms with Gasteiger partial charge >= 0.3 is 0 Å². The SMILES string of the molecule is Cl.NCCn1c(-c2cccc3ccoc23)cc(=O)[nH]c1=S. The van der Waals surface area contributed by atoms with Gasteiger partial charge in [0.1, 0.15) is 5.58 Å². The van der Waals surface area contributed by atoms with Gasteiger partial charge in [-0.05, 0) is 24.4 Å². The fourth-order valence-electron chi connectivity index (χ4n) is 2.29. The van der Waals surface area contributed by atoms with Gasteiger partial charge in [0.05, 0.1) is 12.0 Å². The molecule has 0 aliphatic rings. The lowest BCUT2D eigenvalue weighted by Crippen LogP contribution is -2.18. The summed E-state index contributed by atoms with van der Waals surface area (Å²) in [4.78, 5) is 14.3. The number of rotatable bonds is 3. The van der Waals surface area contributed by atoms with Crippen molar-refractivity contribution in [2.24, 2.45) is 5.73 Å². The molecule has 3 aromatic rings. The molecule has 0 aliphatic heterocycles. The largest absolute Gasteiger partial charge is 0.464 e. The van der Waals surface area contributed by atoms with Crippen LogP contribution in [0.4, 0.5) is 0 Å². The van der Waals surface area contributed by atoms with E-state index in [-0.39, 0.29) is 18.0 Å². The Morgan fingerprint density at radius 3 is 2.90 bits per heavy atom. The summed E-state index contributed by atoms with van der Waals surface area (Å²) in [5.41, 5.74) is 7.67. The van der Waals surface area contributed by atoms with E-state index in [9.17, 15) is 4.79 Å². The van der Waals surface area contributed by atoms with Crippen LogP contribution in [0.25, 0.3) is 22.2 Å². The second-order valence-electron chi connectivity index (χ2n) is 4.41. The Labute approximate surface area is 131 Å². The third kappa shape index (κ3) is 2.78. The van der Waals surface area contributed by atoms with Crippen LogP contribution in [-0.2, 0) is 6.54 Å². The number of nitrogens with zero attached hydrogens (tertiary/aromatic N) is 1. The molecule has 1 aromatic carbocycles. The molecule has 21 heavy (non-hydrogen) atoms. The fraction of sp³-hybridized carbons (Fsp3) is 0.143. The number of benzene rings is 1. The number of nitrogens with two attached hydrogens (primary N) is 1. The molecule has 0 radical (unpaired) electrons. The predicted octanol–water partition coefficient (Wildman–Crippen LogP) is 2.70. The van der Waals surface area contributed by atoms with Crippen LogP contribution in [0.2, 0.25) is 0 Å². The summed E-state index contributed by atoms with van der Waals surface area (Å²) in [6.45, 7) is 0.962. The molecule has 0 saturated carbocycles. The van der Waals surface area contributed by atoms with E-state index in [1.807, 2.05) is 28.8 Å². The molecule has 0 unspecified atom stereocenters. The Morgan fingerprint density at radius 1 is 1.33 bits per heavy atom. The number of fused-ring (bicyclic) bond motifs is 1. The average molecular weight is 324 g/mol. The number of halogens is 1. The Bertz CT molecular complexity index is 882. The smallest absolute Gasteiger partial charge is 0.252 e. The van der Waals surface area contributed by atoms with Crippen LogP contribution in [0, 0.1) is 4.77 Å². The number of nitrogens with one attached hydrogen (secondary N) is 1. The number of hydrogen-bond acceptors (Lipinski definition) is 4. The normalized spacial score (nSPS) is 10.5. The zero-order valence-corrected chi connectivity index (χ0v) is 12.7. The number of hydrogen-bond donors (Lipinski definition) is 2. The van der Waals surface area contributed by atoms with E-state index >= 15 is 0 Å². The first kappa shape index (κ1) is 15.5. The molecule has 0 amide bonds. The molecule has 0 saturated heterocycles. The number of furan rings is 1. The summed E-state index contributed by atoms with van der Waals surface area (Å²) in [5, 5.41) is 0.980. The molecule has 0 aliphatic carbocycles. The summed E-state index contributed by atoms with van der Waals surface area (Å²) in [6, 6.07) is 9.18. The highest BCUT2D eigenvalue weighted by atomic mass is 35.5. The maximum Gasteiger partial charge on any atom is 0.252 e. The molecule has 110 valence electrons. The van der Waals surface area contributed by atoms with Crippen LogP contribution in [0.15, 0.2) is 45.8 Å². The zero-order chi connectivity index (χ0) is 14.1. The predicted molar refractivity (Wildman–Crippen MR) is 87.4 cm³/mol. The molecule has 2 aromatic heterocycles. The van der Waals surface area contributed by atoms with Gasteiger partial charge < -0.3 is 14.7 Å². The van der Waals surface area contributed by atoms with E-state index in [0.29, 0.717) is 23.6 Å². The van der Waals surface area contributed by atoms with Crippen molar-refractivity contribution in [1.29, 1.82) is 0 Å². The Morgan fingerprint density at radius 2 is 2.14 bits per heavy atom. The highest BCUT2D eigenvalue weighted by Crippen LogP contribution is 2.28. The van der Waals surface area contributed by atoms with E-state index in [1.165, 1.54) is 6.07 Å². The first-order chi connectivity index (χ1) is 9.70. The van der Waals surface area contributed by atoms with E-state index in [2.05, 4.69) is 4.98 Å². The summed E-state index contributed by atoms with van der Waals surface area (Å²) >= 11 is 5.22. The lowest BCUT2D eigenvalue weighted by molar-refractivity contribution is 0.615. The Hall–Kier alpha value is -1.89. The number of aromatic nitrogens is 2. The number of aromatic amines is 1. The summed E-state index contributed by atoms with van der Waals surface area (Å²) in [5.74, 6) is 0. The van der Waals surface area contributed by atoms with Gasteiger partial charge in [-0.15, -0.1) is 12.4 Å². The fourth-order valence-corrected chi connectivity index (χ4v) is 2.58. The quantitative estimate of drug-likeness (QED) is 0.726. The monoisotopic (exact) mass is 323 g/mol. The van der Waals surface area contributed by atoms with Crippen LogP contribution < -0.4 is 11.3 Å². The average Bonchev–Trinajstić information content (AvgIpc) is 2.90. The van der Waals surface area contributed by atoms with Crippen molar-refractivity contribution in [1.82, 2.24) is 9.55 Å². The Balaban J connectivity index is 0.00000161. The van der Waals surface area contributed by atoms with Crippen molar-refractivity contribution < 1.29 is 4.42 Å². The lowest BCUT2D eigenvalue weighted by Gasteiger charge is -2.12. The van der Waals surface area contributed by atoms with Gasteiger partial charge in [0.15, 0.2) is 4.77 Å². The second kappa shape index (κ2) is 6.26. The van der Waals surface area contributed by atoms with Gasteiger partial charge in [-0.25, -0.2) is 0 Å². The number of para-hydroxylation sites is 1. The summed E-state index contributed by atoms with van der Waals surface area (Å²) < 4.78 is 7.70. The molecule has 5 nitrogen and oxygen atoms in total. The standard InChI is InChI=1S/C14H13N3O2S.ClH/c15-5-6-17-11(8-12(18)16-14(17)20)10-3-1-2-9-4-7-19-13(9)10;/h1-4,7-8H,5-6,15H2,(H,16,18,20);1H. The van der Waals surface area contributed by atoms with Crippen LogP contribution in [-0.4, -0.2) is 16.1 Å². The molecule has 3 rings (SSSR count). The van der Waals surface area contributed by atoms with Gasteiger partial charge in [0.25, 0.3) is 5.56 Å². The first-order valence-electron chi connectivity index (χ1n) is 6.21. The molecular formula is C14H14ClN3O2S. The van der Waals surface area contributed by atoms with Crippen LogP contribution >= 0.6 is 24.6 Å². The topological polar surface area (TPSA) is 77.0 Å². The third-order valence-corrected chi connectivity index (χ3v) is 3.46. The van der Waals surface area contributed by atoms with Gasteiger partial charge in [0.2, 0.25) is 0 Å². The minimum atomic E-state index is -0.234. The van der Waals surface area contributed by atoms with E-state index in [4.69, 9.17) is 22.4 Å². The maximum absolute atomic E-state index is 11.7. The maximum atomic E-state index is 11.7. The van der Waals surface area contributed by atoms with Crippen LogP contribution in [0.1, 0.15) is 0 Å². The van der Waals surface area contributed by atoms with Crippen molar-refractivity contribution in [2.45, 2.75) is 6.54 Å². The molecule has 7 heteroatoms. The van der Waals surface area contributed by atoms with Crippen LogP contribution in [0.3, 0.4) is 0 Å². The molecule has 2 heterocycles. The van der Waals surface area contributed by atoms with Gasteiger partial charge in [0, 0.05) is 30.1 Å². The first-order valence-corrected chi connectivity index (χ1v) is 6.62. The summed E-state index contributed by atoms with van der Waals surface area (Å²) in [7, 11) is 0. The van der Waals surface area contributed by atoms with Crippen LogP contribution in [0.5, 0.6) is 0 Å². The van der Waals surface area contributed by atoms with Crippen molar-refractivity contribution in [3.8, 4) is 11.3 Å².